The number of hydrogen-bond acceptors (Lipinski definition) is 3. The van der Waals surface area contributed by atoms with Gasteiger partial charge in [-0.2, -0.15) is 0 Å². The lowest BCUT2D eigenvalue weighted by atomic mass is 9.87. The normalized spacial score (nSPS) is 11.2. The summed E-state index contributed by atoms with van der Waals surface area (Å²) in [5.41, 5.74) is 4.07. The Hall–Kier alpha value is -3.01. The molecule has 1 aromatic heterocycles. The maximum atomic E-state index is 12.5. The molecule has 3 aromatic rings. The molecule has 0 aliphatic heterocycles. The minimum atomic E-state index is -0.247. The largest absolute Gasteiger partial charge is 0.321 e. The molecule has 1 heterocycles. The number of nitrogens with one attached hydrogen (secondary N) is 1. The number of benzene rings is 2. The van der Waals surface area contributed by atoms with E-state index in [2.05, 4.69) is 36.1 Å². The second kappa shape index (κ2) is 6.85. The predicted molar refractivity (Wildman–Crippen MR) is 101 cm³/mol. The summed E-state index contributed by atoms with van der Waals surface area (Å²) in [5.74, 6) is -0.247. The van der Waals surface area contributed by atoms with Gasteiger partial charge in [-0.3, -0.25) is 4.79 Å². The van der Waals surface area contributed by atoms with E-state index < -0.39 is 0 Å². The predicted octanol–water partition coefficient (Wildman–Crippen LogP) is 4.69. The maximum absolute atomic E-state index is 12.5. The number of anilines is 1. The van der Waals surface area contributed by atoms with Gasteiger partial charge in [-0.1, -0.05) is 63.2 Å². The number of carbonyl (C=O) groups excluding carboxylic acids is 1. The van der Waals surface area contributed by atoms with Gasteiger partial charge in [-0.15, -0.1) is 0 Å². The molecule has 0 unspecified atom stereocenters. The van der Waals surface area contributed by atoms with Crippen LogP contribution in [0.1, 0.15) is 36.8 Å². The van der Waals surface area contributed by atoms with Crippen LogP contribution in [-0.2, 0) is 5.41 Å². The van der Waals surface area contributed by atoms with Gasteiger partial charge in [0.2, 0.25) is 0 Å². The topological polar surface area (TPSA) is 54.9 Å². The molecule has 0 radical (unpaired) electrons. The van der Waals surface area contributed by atoms with Crippen LogP contribution in [0.3, 0.4) is 0 Å². The van der Waals surface area contributed by atoms with Crippen molar-refractivity contribution in [1.82, 2.24) is 9.97 Å². The fourth-order valence-corrected chi connectivity index (χ4v) is 2.50. The monoisotopic (exact) mass is 331 g/mol. The lowest BCUT2D eigenvalue weighted by Crippen LogP contribution is -2.15. The van der Waals surface area contributed by atoms with Crippen LogP contribution in [0, 0.1) is 0 Å². The van der Waals surface area contributed by atoms with Crippen molar-refractivity contribution in [3.05, 3.63) is 78.2 Å². The van der Waals surface area contributed by atoms with Crippen LogP contribution in [0.25, 0.3) is 11.3 Å². The number of amides is 1. The molecular formula is C21H21N3O. The average Bonchev–Trinajstić information content (AvgIpc) is 2.62. The molecule has 1 amide bonds. The summed E-state index contributed by atoms with van der Waals surface area (Å²) in [7, 11) is 0. The van der Waals surface area contributed by atoms with E-state index in [1.54, 1.807) is 6.07 Å². The zero-order valence-electron chi connectivity index (χ0n) is 14.7. The van der Waals surface area contributed by atoms with Crippen LogP contribution in [0.15, 0.2) is 67.0 Å². The molecule has 0 saturated heterocycles. The quantitative estimate of drug-likeness (QED) is 0.757. The SMILES string of the molecule is CC(C)(C)c1ccc(NC(=O)c2cc(-c3ccccc3)ncn2)cc1. The Balaban J connectivity index is 1.78. The second-order valence-electron chi connectivity index (χ2n) is 6.94. The highest BCUT2D eigenvalue weighted by Crippen LogP contribution is 2.23. The Morgan fingerprint density at radius 2 is 1.60 bits per heavy atom. The number of carbonyl (C=O) groups is 1. The van der Waals surface area contributed by atoms with Gasteiger partial charge in [0.1, 0.15) is 12.0 Å². The highest BCUT2D eigenvalue weighted by Gasteiger charge is 2.14. The summed E-state index contributed by atoms with van der Waals surface area (Å²) < 4.78 is 0. The lowest BCUT2D eigenvalue weighted by Gasteiger charge is -2.19. The van der Waals surface area contributed by atoms with Crippen molar-refractivity contribution in [1.29, 1.82) is 0 Å². The van der Waals surface area contributed by atoms with Crippen molar-refractivity contribution in [2.24, 2.45) is 0 Å². The van der Waals surface area contributed by atoms with E-state index in [1.165, 1.54) is 11.9 Å². The molecule has 0 aliphatic carbocycles. The van der Waals surface area contributed by atoms with Crippen LogP contribution in [0.4, 0.5) is 5.69 Å². The molecule has 1 N–H and O–H groups in total. The van der Waals surface area contributed by atoms with Crippen LogP contribution >= 0.6 is 0 Å². The summed E-state index contributed by atoms with van der Waals surface area (Å²) in [6.45, 7) is 6.48. The van der Waals surface area contributed by atoms with Crippen molar-refractivity contribution >= 4 is 11.6 Å². The first-order valence-electron chi connectivity index (χ1n) is 8.23. The first kappa shape index (κ1) is 16.8. The van der Waals surface area contributed by atoms with E-state index in [9.17, 15) is 4.79 Å². The van der Waals surface area contributed by atoms with Crippen molar-refractivity contribution in [3.63, 3.8) is 0 Å². The van der Waals surface area contributed by atoms with Gasteiger partial charge < -0.3 is 5.32 Å². The van der Waals surface area contributed by atoms with E-state index in [0.29, 0.717) is 5.69 Å². The second-order valence-corrected chi connectivity index (χ2v) is 6.94. The standard InChI is InChI=1S/C21H21N3O/c1-21(2,3)16-9-11-17(12-10-16)24-20(25)19-13-18(22-14-23-19)15-7-5-4-6-8-15/h4-14H,1-3H3,(H,24,25). The summed E-state index contributed by atoms with van der Waals surface area (Å²) >= 11 is 0. The summed E-state index contributed by atoms with van der Waals surface area (Å²) in [6, 6.07) is 19.3. The Labute approximate surface area is 148 Å². The first-order chi connectivity index (χ1) is 11.9. The number of rotatable bonds is 3. The number of aromatic nitrogens is 2. The van der Waals surface area contributed by atoms with Gasteiger partial charge in [0, 0.05) is 11.3 Å². The molecular weight excluding hydrogens is 310 g/mol. The third-order valence-corrected chi connectivity index (χ3v) is 3.98. The third kappa shape index (κ3) is 4.10. The van der Waals surface area contributed by atoms with Crippen LogP contribution in [-0.4, -0.2) is 15.9 Å². The first-order valence-corrected chi connectivity index (χ1v) is 8.23. The molecule has 0 saturated carbocycles. The summed E-state index contributed by atoms with van der Waals surface area (Å²) in [6.07, 6.45) is 1.42. The highest BCUT2D eigenvalue weighted by molar-refractivity contribution is 6.03. The van der Waals surface area contributed by atoms with Gasteiger partial charge in [-0.05, 0) is 29.2 Å². The third-order valence-electron chi connectivity index (χ3n) is 3.98. The van der Waals surface area contributed by atoms with E-state index in [0.717, 1.165) is 16.9 Å². The molecule has 126 valence electrons. The Bertz CT molecular complexity index is 866. The molecule has 0 bridgehead atoms. The van der Waals surface area contributed by atoms with Crippen molar-refractivity contribution in [3.8, 4) is 11.3 Å². The van der Waals surface area contributed by atoms with Gasteiger partial charge in [0.15, 0.2) is 0 Å². The van der Waals surface area contributed by atoms with Crippen molar-refractivity contribution < 1.29 is 4.79 Å². The summed E-state index contributed by atoms with van der Waals surface area (Å²) in [5, 5.41) is 2.89. The minimum Gasteiger partial charge on any atom is -0.321 e. The zero-order valence-corrected chi connectivity index (χ0v) is 14.7. The minimum absolute atomic E-state index is 0.0831. The van der Waals surface area contributed by atoms with Crippen LogP contribution in [0.2, 0.25) is 0 Å². The molecule has 0 spiro atoms. The van der Waals surface area contributed by atoms with Gasteiger partial charge in [-0.25, -0.2) is 9.97 Å². The Kier molecular flexibility index (Phi) is 4.61. The Morgan fingerprint density at radius 3 is 2.24 bits per heavy atom. The molecule has 4 nitrogen and oxygen atoms in total. The fraction of sp³-hybridized carbons (Fsp3) is 0.190. The fourth-order valence-electron chi connectivity index (χ4n) is 2.50. The summed E-state index contributed by atoms with van der Waals surface area (Å²) in [4.78, 5) is 20.8. The smallest absolute Gasteiger partial charge is 0.274 e. The number of nitrogens with zero attached hydrogens (tertiary/aromatic N) is 2. The van der Waals surface area contributed by atoms with Crippen LogP contribution < -0.4 is 5.32 Å². The molecule has 25 heavy (non-hydrogen) atoms. The van der Waals surface area contributed by atoms with E-state index in [4.69, 9.17) is 0 Å². The van der Waals surface area contributed by atoms with Gasteiger partial charge in [0.05, 0.1) is 5.69 Å². The van der Waals surface area contributed by atoms with E-state index >= 15 is 0 Å². The molecule has 0 fully saturated rings. The average molecular weight is 331 g/mol. The van der Waals surface area contributed by atoms with Crippen molar-refractivity contribution in [2.45, 2.75) is 26.2 Å². The van der Waals surface area contributed by atoms with E-state index in [1.807, 2.05) is 54.6 Å². The molecule has 2 aromatic carbocycles. The number of hydrogen-bond donors (Lipinski definition) is 1. The maximum Gasteiger partial charge on any atom is 0.274 e. The highest BCUT2D eigenvalue weighted by atomic mass is 16.1. The van der Waals surface area contributed by atoms with Crippen LogP contribution in [0.5, 0.6) is 0 Å². The van der Waals surface area contributed by atoms with E-state index in [-0.39, 0.29) is 11.3 Å². The molecule has 0 atom stereocenters. The van der Waals surface area contributed by atoms with Crippen molar-refractivity contribution in [2.75, 3.05) is 5.32 Å². The molecule has 0 aliphatic rings. The van der Waals surface area contributed by atoms with Gasteiger partial charge in [0.25, 0.3) is 5.91 Å². The Morgan fingerprint density at radius 1 is 0.920 bits per heavy atom. The molecule has 4 heteroatoms. The van der Waals surface area contributed by atoms with Gasteiger partial charge >= 0.3 is 0 Å². The zero-order chi connectivity index (χ0) is 17.9. The lowest BCUT2D eigenvalue weighted by molar-refractivity contribution is 0.102. The molecule has 3 rings (SSSR count).